The summed E-state index contributed by atoms with van der Waals surface area (Å²) in [6.07, 6.45) is 0. The number of carbonyl (C=O) groups excluding carboxylic acids is 2. The summed E-state index contributed by atoms with van der Waals surface area (Å²) >= 11 is 0. The molecule has 2 rings (SSSR count). The molecular weight excluding hydrogens is 324 g/mol. The monoisotopic (exact) mass is 348 g/mol. The van der Waals surface area contributed by atoms with Gasteiger partial charge < -0.3 is 15.2 Å². The molecule has 0 radical (unpaired) electrons. The molecule has 0 aromatic carbocycles. The number of amides is 2. The van der Waals surface area contributed by atoms with Crippen LogP contribution in [-0.4, -0.2) is 44.6 Å². The molecule has 0 aliphatic heterocycles. The number of rotatable bonds is 7. The number of likely N-dealkylation sites (N-methyl/N-ethyl adjacent to an activating group) is 1. The Morgan fingerprint density at radius 2 is 2.04 bits per heavy atom. The molecule has 0 fully saturated rings. The van der Waals surface area contributed by atoms with Crippen molar-refractivity contribution in [1.29, 1.82) is 0 Å². The minimum atomic E-state index is -0.631. The highest BCUT2D eigenvalue weighted by atomic mass is 16.5. The smallest absolute Gasteiger partial charge is 0.274 e. The first-order chi connectivity index (χ1) is 11.8. The van der Waals surface area contributed by atoms with Gasteiger partial charge in [-0.1, -0.05) is 24.2 Å². The lowest BCUT2D eigenvalue weighted by molar-refractivity contribution is -0.123. The normalized spacial score (nSPS) is 12.2. The molecule has 2 aromatic heterocycles. The summed E-state index contributed by atoms with van der Waals surface area (Å²) in [5.41, 5.74) is 1.54. The maximum atomic E-state index is 12.5. The van der Waals surface area contributed by atoms with Crippen LogP contribution >= 0.6 is 0 Å². The third-order valence-corrected chi connectivity index (χ3v) is 3.77. The van der Waals surface area contributed by atoms with Crippen LogP contribution in [0.5, 0.6) is 0 Å². The highest BCUT2D eigenvalue weighted by molar-refractivity contribution is 5.96. The molecule has 0 aliphatic carbocycles. The van der Waals surface area contributed by atoms with E-state index in [-0.39, 0.29) is 17.5 Å². The fourth-order valence-corrected chi connectivity index (χ4v) is 2.39. The zero-order valence-electron chi connectivity index (χ0n) is 15.2. The third-order valence-electron chi connectivity index (χ3n) is 3.77. The van der Waals surface area contributed by atoms with E-state index in [1.807, 2.05) is 27.7 Å². The number of nitrogens with one attached hydrogen (secondary N) is 2. The molecule has 0 bridgehead atoms. The van der Waals surface area contributed by atoms with Crippen LogP contribution in [0.2, 0.25) is 0 Å². The van der Waals surface area contributed by atoms with Crippen LogP contribution in [0.1, 0.15) is 48.4 Å². The van der Waals surface area contributed by atoms with Crippen LogP contribution in [0.4, 0.5) is 0 Å². The van der Waals surface area contributed by atoms with Crippen LogP contribution < -0.4 is 10.6 Å². The molecule has 9 nitrogen and oxygen atoms in total. The predicted octanol–water partition coefficient (Wildman–Crippen LogP) is 0.822. The first kappa shape index (κ1) is 18.6. The van der Waals surface area contributed by atoms with Crippen molar-refractivity contribution in [1.82, 2.24) is 30.8 Å². The lowest BCUT2D eigenvalue weighted by Crippen LogP contribution is -2.49. The van der Waals surface area contributed by atoms with Crippen LogP contribution in [-0.2, 0) is 11.3 Å². The largest absolute Gasteiger partial charge is 0.359 e. The molecule has 0 unspecified atom stereocenters. The van der Waals surface area contributed by atoms with Crippen LogP contribution in [0.15, 0.2) is 10.6 Å². The molecular formula is C16H24N6O3. The predicted molar refractivity (Wildman–Crippen MR) is 89.9 cm³/mol. The van der Waals surface area contributed by atoms with Crippen molar-refractivity contribution in [2.45, 2.75) is 47.2 Å². The van der Waals surface area contributed by atoms with E-state index in [1.165, 1.54) is 0 Å². The number of aromatic nitrogens is 4. The SMILES string of the molecule is CCNC(=O)[C@@H](NC(=O)c1nnn(Cc2cc(C)no2)c1C)C(C)C. The summed E-state index contributed by atoms with van der Waals surface area (Å²) in [7, 11) is 0. The Morgan fingerprint density at radius 1 is 1.32 bits per heavy atom. The van der Waals surface area contributed by atoms with E-state index in [4.69, 9.17) is 4.52 Å². The quantitative estimate of drug-likeness (QED) is 0.765. The van der Waals surface area contributed by atoms with Crippen molar-refractivity contribution in [3.05, 3.63) is 28.9 Å². The molecule has 0 spiro atoms. The zero-order valence-corrected chi connectivity index (χ0v) is 15.2. The van der Waals surface area contributed by atoms with Gasteiger partial charge in [0.25, 0.3) is 5.91 Å². The number of carbonyl (C=O) groups is 2. The van der Waals surface area contributed by atoms with Gasteiger partial charge in [-0.25, -0.2) is 4.68 Å². The first-order valence-corrected chi connectivity index (χ1v) is 8.24. The minimum Gasteiger partial charge on any atom is -0.359 e. The standard InChI is InChI=1S/C16H24N6O3/c1-6-17-15(23)13(9(2)3)18-16(24)14-11(5)22(21-19-14)8-12-7-10(4)20-25-12/h7,9,13H,6,8H2,1-5H3,(H,17,23)(H,18,24)/t13-/m0/s1. The highest BCUT2D eigenvalue weighted by Crippen LogP contribution is 2.10. The Hall–Kier alpha value is -2.71. The van der Waals surface area contributed by atoms with E-state index in [0.29, 0.717) is 24.5 Å². The summed E-state index contributed by atoms with van der Waals surface area (Å²) in [5.74, 6) is -0.0710. The fourth-order valence-electron chi connectivity index (χ4n) is 2.39. The topological polar surface area (TPSA) is 115 Å². The van der Waals surface area contributed by atoms with Gasteiger partial charge in [0.15, 0.2) is 11.5 Å². The first-order valence-electron chi connectivity index (χ1n) is 8.24. The Kier molecular flexibility index (Phi) is 5.89. The van der Waals surface area contributed by atoms with E-state index >= 15 is 0 Å². The Labute approximate surface area is 146 Å². The number of hydrogen-bond donors (Lipinski definition) is 2. The molecule has 2 aromatic rings. The molecule has 25 heavy (non-hydrogen) atoms. The summed E-state index contributed by atoms with van der Waals surface area (Å²) in [5, 5.41) is 17.2. The van der Waals surface area contributed by atoms with Gasteiger partial charge in [0.2, 0.25) is 5.91 Å². The molecule has 1 atom stereocenters. The van der Waals surface area contributed by atoms with Crippen molar-refractivity contribution in [3.8, 4) is 0 Å². The minimum absolute atomic E-state index is 0.0528. The maximum Gasteiger partial charge on any atom is 0.274 e. The molecule has 9 heteroatoms. The van der Waals surface area contributed by atoms with Crippen molar-refractivity contribution >= 4 is 11.8 Å². The van der Waals surface area contributed by atoms with E-state index in [2.05, 4.69) is 26.1 Å². The number of hydrogen-bond acceptors (Lipinski definition) is 6. The molecule has 0 saturated carbocycles. The summed E-state index contributed by atoms with van der Waals surface area (Å²) in [6, 6.07) is 1.17. The van der Waals surface area contributed by atoms with Gasteiger partial charge in [0, 0.05) is 12.6 Å². The van der Waals surface area contributed by atoms with Crippen molar-refractivity contribution in [3.63, 3.8) is 0 Å². The second-order valence-corrected chi connectivity index (χ2v) is 6.21. The Bertz CT molecular complexity index is 749. The third kappa shape index (κ3) is 4.43. The summed E-state index contributed by atoms with van der Waals surface area (Å²) in [4.78, 5) is 24.6. The molecule has 2 amide bonds. The van der Waals surface area contributed by atoms with E-state index in [9.17, 15) is 9.59 Å². The molecule has 136 valence electrons. The van der Waals surface area contributed by atoms with Gasteiger partial charge in [0.05, 0.1) is 11.4 Å². The van der Waals surface area contributed by atoms with Gasteiger partial charge in [-0.2, -0.15) is 0 Å². The van der Waals surface area contributed by atoms with Crippen LogP contribution in [0.3, 0.4) is 0 Å². The Balaban J connectivity index is 2.12. The lowest BCUT2D eigenvalue weighted by atomic mass is 10.0. The van der Waals surface area contributed by atoms with Gasteiger partial charge in [-0.3, -0.25) is 9.59 Å². The molecule has 0 aliphatic rings. The Morgan fingerprint density at radius 3 is 2.60 bits per heavy atom. The van der Waals surface area contributed by atoms with E-state index in [1.54, 1.807) is 17.7 Å². The second kappa shape index (κ2) is 7.91. The average Bonchev–Trinajstić information content (AvgIpc) is 3.11. The zero-order chi connectivity index (χ0) is 18.6. The van der Waals surface area contributed by atoms with Gasteiger partial charge in [-0.05, 0) is 26.7 Å². The number of aryl methyl sites for hydroxylation is 1. The van der Waals surface area contributed by atoms with Crippen molar-refractivity contribution in [2.24, 2.45) is 5.92 Å². The average molecular weight is 348 g/mol. The molecule has 0 saturated heterocycles. The highest BCUT2D eigenvalue weighted by Gasteiger charge is 2.26. The van der Waals surface area contributed by atoms with Crippen molar-refractivity contribution in [2.75, 3.05) is 6.54 Å². The van der Waals surface area contributed by atoms with Crippen LogP contribution in [0, 0.1) is 19.8 Å². The second-order valence-electron chi connectivity index (χ2n) is 6.21. The van der Waals surface area contributed by atoms with Crippen molar-refractivity contribution < 1.29 is 14.1 Å². The lowest BCUT2D eigenvalue weighted by Gasteiger charge is -2.20. The molecule has 2 N–H and O–H groups in total. The van der Waals surface area contributed by atoms with Gasteiger partial charge >= 0.3 is 0 Å². The van der Waals surface area contributed by atoms with Crippen LogP contribution in [0.25, 0.3) is 0 Å². The number of nitrogens with zero attached hydrogens (tertiary/aromatic N) is 4. The van der Waals surface area contributed by atoms with E-state index in [0.717, 1.165) is 5.69 Å². The summed E-state index contributed by atoms with van der Waals surface area (Å²) in [6.45, 7) is 9.98. The van der Waals surface area contributed by atoms with Gasteiger partial charge in [0.1, 0.15) is 12.6 Å². The van der Waals surface area contributed by atoms with Gasteiger partial charge in [-0.15, -0.1) is 5.10 Å². The molecule has 2 heterocycles. The van der Waals surface area contributed by atoms with E-state index < -0.39 is 11.9 Å². The maximum absolute atomic E-state index is 12.5. The fraction of sp³-hybridized carbons (Fsp3) is 0.562. The summed E-state index contributed by atoms with van der Waals surface area (Å²) < 4.78 is 6.72.